The van der Waals surface area contributed by atoms with E-state index in [0.29, 0.717) is 0 Å². The molecule has 0 bridgehead atoms. The third-order valence-electron chi connectivity index (χ3n) is 5.72. The zero-order chi connectivity index (χ0) is 18.6. The van der Waals surface area contributed by atoms with Gasteiger partial charge in [0.1, 0.15) is 0 Å². The second kappa shape index (κ2) is 6.13. The van der Waals surface area contributed by atoms with Gasteiger partial charge in [-0.2, -0.15) is 0 Å². The third kappa shape index (κ3) is 3.02. The van der Waals surface area contributed by atoms with Gasteiger partial charge in [-0.05, 0) is 51.7 Å². The van der Waals surface area contributed by atoms with Crippen LogP contribution in [-0.4, -0.2) is 30.0 Å². The summed E-state index contributed by atoms with van der Waals surface area (Å²) >= 11 is 6.69. The average molecular weight is 382 g/mol. The highest BCUT2D eigenvalue weighted by Crippen LogP contribution is 2.51. The molecule has 1 amide bonds. The molecule has 0 radical (unpaired) electrons. The van der Waals surface area contributed by atoms with Crippen molar-refractivity contribution in [2.45, 2.75) is 43.4 Å². The highest BCUT2D eigenvalue weighted by molar-refractivity contribution is 7.89. The van der Waals surface area contributed by atoms with Crippen LogP contribution in [0.5, 0.6) is 0 Å². The molecule has 2 fully saturated rings. The van der Waals surface area contributed by atoms with Gasteiger partial charge >= 0.3 is 0 Å². The second-order valence-corrected chi connectivity index (χ2v) is 10.3. The van der Waals surface area contributed by atoms with Gasteiger partial charge in [0.05, 0.1) is 10.8 Å². The lowest BCUT2D eigenvalue weighted by Gasteiger charge is -2.41. The number of benzene rings is 1. The number of halogens is 1. The SMILES string of the molecule is C=C(C)[C@H]1CC[C@](C)(Cl)[C@@H]2CN(S(=O)(=O)c3ccc(C)cc3)C(=O)C12. The zero-order valence-corrected chi connectivity index (χ0v) is 16.4. The molecular weight excluding hydrogens is 358 g/mol. The Labute approximate surface area is 154 Å². The van der Waals surface area contributed by atoms with Gasteiger partial charge in [-0.15, -0.1) is 11.6 Å². The van der Waals surface area contributed by atoms with Crippen LogP contribution in [0.2, 0.25) is 0 Å². The van der Waals surface area contributed by atoms with Gasteiger partial charge in [-0.1, -0.05) is 29.8 Å². The summed E-state index contributed by atoms with van der Waals surface area (Å²) in [4.78, 5) is 12.6. The van der Waals surface area contributed by atoms with E-state index < -0.39 is 20.8 Å². The summed E-state index contributed by atoms with van der Waals surface area (Å²) in [5.74, 6) is -0.959. The van der Waals surface area contributed by atoms with Gasteiger partial charge in [-0.3, -0.25) is 4.79 Å². The predicted molar refractivity (Wildman–Crippen MR) is 98.9 cm³/mol. The van der Waals surface area contributed by atoms with Crippen molar-refractivity contribution >= 4 is 27.5 Å². The first-order chi connectivity index (χ1) is 11.6. The fourth-order valence-corrected chi connectivity index (χ4v) is 5.91. The second-order valence-electron chi connectivity index (χ2n) is 7.59. The van der Waals surface area contributed by atoms with Gasteiger partial charge in [0.2, 0.25) is 5.91 Å². The monoisotopic (exact) mass is 381 g/mol. The van der Waals surface area contributed by atoms with Crippen LogP contribution >= 0.6 is 11.6 Å². The smallest absolute Gasteiger partial charge is 0.266 e. The van der Waals surface area contributed by atoms with Crippen LogP contribution in [0.25, 0.3) is 0 Å². The summed E-state index contributed by atoms with van der Waals surface area (Å²) in [5, 5.41) is 0. The highest BCUT2D eigenvalue weighted by Gasteiger charge is 2.57. The molecule has 1 saturated heterocycles. The Balaban J connectivity index is 2.01. The quantitative estimate of drug-likeness (QED) is 0.592. The molecule has 136 valence electrons. The predicted octanol–water partition coefficient (Wildman–Crippen LogP) is 3.74. The molecule has 2 aliphatic rings. The van der Waals surface area contributed by atoms with E-state index in [0.717, 1.165) is 28.3 Å². The Morgan fingerprint density at radius 1 is 1.32 bits per heavy atom. The zero-order valence-electron chi connectivity index (χ0n) is 14.8. The summed E-state index contributed by atoms with van der Waals surface area (Å²) in [6, 6.07) is 6.58. The molecule has 3 rings (SSSR count). The highest BCUT2D eigenvalue weighted by atomic mass is 35.5. The van der Waals surface area contributed by atoms with Crippen molar-refractivity contribution < 1.29 is 13.2 Å². The number of rotatable bonds is 3. The Hall–Kier alpha value is -1.33. The maximum Gasteiger partial charge on any atom is 0.266 e. The van der Waals surface area contributed by atoms with Crippen LogP contribution in [0.3, 0.4) is 0 Å². The standard InChI is InChI=1S/C19H24ClNO3S/c1-12(2)15-9-10-19(4,20)16-11-21(18(22)17(15)16)25(23,24)14-7-5-13(3)6-8-14/h5-8,15-17H,1,9-11H2,2-4H3/t15-,16-,17?,19+/m1/s1. The van der Waals surface area contributed by atoms with Crippen molar-refractivity contribution in [3.8, 4) is 0 Å². The van der Waals surface area contributed by atoms with Gasteiger partial charge in [0.15, 0.2) is 0 Å². The molecule has 1 aromatic rings. The minimum absolute atomic E-state index is 0.0115. The molecule has 1 unspecified atom stereocenters. The van der Waals surface area contributed by atoms with Crippen molar-refractivity contribution in [3.63, 3.8) is 0 Å². The number of fused-ring (bicyclic) bond motifs is 1. The molecule has 1 aliphatic carbocycles. The Kier molecular flexibility index (Phi) is 4.53. The molecule has 0 N–H and O–H groups in total. The average Bonchev–Trinajstić information content (AvgIpc) is 2.87. The van der Waals surface area contributed by atoms with Crippen LogP contribution < -0.4 is 0 Å². The minimum atomic E-state index is -3.87. The van der Waals surface area contributed by atoms with Gasteiger partial charge < -0.3 is 0 Å². The number of hydrogen-bond acceptors (Lipinski definition) is 3. The first kappa shape index (κ1) is 18.5. The molecular formula is C19H24ClNO3S. The van der Waals surface area contributed by atoms with Crippen LogP contribution in [-0.2, 0) is 14.8 Å². The molecule has 0 spiro atoms. The molecule has 1 aliphatic heterocycles. The number of alkyl halides is 1. The van der Waals surface area contributed by atoms with Crippen molar-refractivity contribution in [2.24, 2.45) is 17.8 Å². The number of aryl methyl sites for hydroxylation is 1. The maximum atomic E-state index is 13.1. The molecule has 6 heteroatoms. The van der Waals surface area contributed by atoms with Crippen molar-refractivity contribution in [1.29, 1.82) is 0 Å². The Morgan fingerprint density at radius 3 is 2.48 bits per heavy atom. The van der Waals surface area contributed by atoms with Gasteiger partial charge in [-0.25, -0.2) is 12.7 Å². The third-order valence-corrected chi connectivity index (χ3v) is 7.97. The summed E-state index contributed by atoms with van der Waals surface area (Å²) in [6.07, 6.45) is 1.51. The summed E-state index contributed by atoms with van der Waals surface area (Å²) in [7, 11) is -3.87. The van der Waals surface area contributed by atoms with Crippen LogP contribution in [0.1, 0.15) is 32.3 Å². The van der Waals surface area contributed by atoms with E-state index in [1.807, 2.05) is 20.8 Å². The number of sulfonamides is 1. The van der Waals surface area contributed by atoms with E-state index in [2.05, 4.69) is 6.58 Å². The topological polar surface area (TPSA) is 54.5 Å². The van der Waals surface area contributed by atoms with E-state index in [1.54, 1.807) is 24.3 Å². The summed E-state index contributed by atoms with van der Waals surface area (Å²) in [6.45, 7) is 9.87. The van der Waals surface area contributed by atoms with E-state index >= 15 is 0 Å². The van der Waals surface area contributed by atoms with Crippen LogP contribution in [0.4, 0.5) is 0 Å². The number of hydrogen-bond donors (Lipinski definition) is 0. The number of carbonyl (C=O) groups is 1. The van der Waals surface area contributed by atoms with Crippen molar-refractivity contribution in [2.75, 3.05) is 6.54 Å². The first-order valence-corrected chi connectivity index (χ1v) is 10.3. The molecule has 0 aromatic heterocycles. The van der Waals surface area contributed by atoms with E-state index in [1.165, 1.54) is 0 Å². The van der Waals surface area contributed by atoms with Crippen LogP contribution in [0, 0.1) is 24.7 Å². The van der Waals surface area contributed by atoms with Crippen LogP contribution in [0.15, 0.2) is 41.3 Å². The van der Waals surface area contributed by atoms with Crippen molar-refractivity contribution in [3.05, 3.63) is 42.0 Å². The van der Waals surface area contributed by atoms with E-state index in [9.17, 15) is 13.2 Å². The molecule has 4 nitrogen and oxygen atoms in total. The normalized spacial score (nSPS) is 32.6. The number of carbonyl (C=O) groups excluding carboxylic acids is 1. The number of nitrogens with zero attached hydrogens (tertiary/aromatic N) is 1. The molecule has 25 heavy (non-hydrogen) atoms. The fraction of sp³-hybridized carbons (Fsp3) is 0.526. The van der Waals surface area contributed by atoms with Crippen molar-refractivity contribution in [1.82, 2.24) is 4.31 Å². The molecule has 1 aromatic carbocycles. The molecule has 1 saturated carbocycles. The van der Waals surface area contributed by atoms with Gasteiger partial charge in [0, 0.05) is 17.3 Å². The number of amides is 1. The maximum absolute atomic E-state index is 13.1. The first-order valence-electron chi connectivity index (χ1n) is 8.53. The largest absolute Gasteiger partial charge is 0.273 e. The van der Waals surface area contributed by atoms with E-state index in [-0.39, 0.29) is 29.2 Å². The Bertz CT molecular complexity index is 814. The summed E-state index contributed by atoms with van der Waals surface area (Å²) in [5.41, 5.74) is 1.89. The minimum Gasteiger partial charge on any atom is -0.273 e. The lowest BCUT2D eigenvalue weighted by molar-refractivity contribution is -0.129. The molecule has 4 atom stereocenters. The lowest BCUT2D eigenvalue weighted by atomic mass is 9.66. The Morgan fingerprint density at radius 2 is 1.92 bits per heavy atom. The molecule has 1 heterocycles. The number of allylic oxidation sites excluding steroid dienone is 1. The summed E-state index contributed by atoms with van der Waals surface area (Å²) < 4.78 is 27.1. The lowest BCUT2D eigenvalue weighted by Crippen LogP contribution is -2.43. The van der Waals surface area contributed by atoms with E-state index in [4.69, 9.17) is 11.6 Å². The van der Waals surface area contributed by atoms with Gasteiger partial charge in [0.25, 0.3) is 10.0 Å². The fourth-order valence-electron chi connectivity index (χ4n) is 4.15.